The molecule has 1 aliphatic carbocycles. The number of halogens is 1. The van der Waals surface area contributed by atoms with Crippen LogP contribution < -0.4 is 0 Å². The Bertz CT molecular complexity index is 632. The van der Waals surface area contributed by atoms with Crippen molar-refractivity contribution < 1.29 is 5.11 Å². The highest BCUT2D eigenvalue weighted by molar-refractivity contribution is 6.21. The Labute approximate surface area is 119 Å². The van der Waals surface area contributed by atoms with Gasteiger partial charge in [0.05, 0.1) is 5.75 Å². The van der Waals surface area contributed by atoms with E-state index in [-0.39, 0.29) is 5.38 Å². The van der Waals surface area contributed by atoms with Crippen molar-refractivity contribution in [3.63, 3.8) is 0 Å². The van der Waals surface area contributed by atoms with E-state index in [1.54, 1.807) is 0 Å². The van der Waals surface area contributed by atoms with Crippen LogP contribution in [0.25, 0.3) is 10.8 Å². The summed E-state index contributed by atoms with van der Waals surface area (Å²) in [6, 6.07) is 9.95. The Morgan fingerprint density at radius 1 is 1.26 bits per heavy atom. The van der Waals surface area contributed by atoms with Crippen molar-refractivity contribution in [3.8, 4) is 5.75 Å². The van der Waals surface area contributed by atoms with Crippen LogP contribution in [0.2, 0.25) is 0 Å². The van der Waals surface area contributed by atoms with E-state index in [4.69, 9.17) is 11.6 Å². The third kappa shape index (κ3) is 1.72. The van der Waals surface area contributed by atoms with Crippen LogP contribution in [0.5, 0.6) is 5.75 Å². The number of benzene rings is 2. The number of phenols is 1. The fourth-order valence-electron chi connectivity index (χ4n) is 3.46. The maximum atomic E-state index is 10.2. The lowest BCUT2D eigenvalue weighted by Crippen LogP contribution is -2.15. The standard InChI is InChI=1S/C17H18ClO/c1-9-10(2)16(11(3)18)17-13-7-5-4-6-12(13)15(19)8-14(9)17/h4-8,10-11,16,19H,1-3H3/q-1. The summed E-state index contributed by atoms with van der Waals surface area (Å²) < 4.78 is 0. The highest BCUT2D eigenvalue weighted by Crippen LogP contribution is 2.52. The average Bonchev–Trinajstić information content (AvgIpc) is 2.64. The molecule has 0 bridgehead atoms. The number of alkyl halides is 1. The van der Waals surface area contributed by atoms with Crippen molar-refractivity contribution in [2.45, 2.75) is 32.1 Å². The normalized spacial score (nSPS) is 23.7. The van der Waals surface area contributed by atoms with E-state index in [0.29, 0.717) is 17.6 Å². The molecular weight excluding hydrogens is 256 g/mol. The summed E-state index contributed by atoms with van der Waals surface area (Å²) in [6.45, 7) is 6.44. The van der Waals surface area contributed by atoms with E-state index in [1.165, 1.54) is 17.0 Å². The third-order valence-corrected chi connectivity index (χ3v) is 4.81. The molecule has 1 N–H and O–H groups in total. The van der Waals surface area contributed by atoms with Gasteiger partial charge in [0, 0.05) is 5.38 Å². The minimum absolute atomic E-state index is 0.0825. The van der Waals surface area contributed by atoms with Gasteiger partial charge in [-0.2, -0.15) is 11.5 Å². The van der Waals surface area contributed by atoms with Crippen molar-refractivity contribution in [2.24, 2.45) is 5.92 Å². The van der Waals surface area contributed by atoms with Gasteiger partial charge in [0.25, 0.3) is 0 Å². The molecule has 2 aromatic carbocycles. The van der Waals surface area contributed by atoms with Crippen molar-refractivity contribution in [2.75, 3.05) is 0 Å². The molecular formula is C17H18ClO-. The molecule has 0 radical (unpaired) electrons. The lowest BCUT2D eigenvalue weighted by atomic mass is 9.86. The predicted molar refractivity (Wildman–Crippen MR) is 80.9 cm³/mol. The number of hydrogen-bond acceptors (Lipinski definition) is 1. The van der Waals surface area contributed by atoms with Gasteiger partial charge in [-0.1, -0.05) is 49.4 Å². The van der Waals surface area contributed by atoms with Gasteiger partial charge in [-0.15, -0.1) is 23.2 Å². The fraction of sp³-hybridized carbons (Fsp3) is 0.353. The quantitative estimate of drug-likeness (QED) is 0.582. The highest BCUT2D eigenvalue weighted by atomic mass is 35.5. The monoisotopic (exact) mass is 273 g/mol. The number of fused-ring (bicyclic) bond motifs is 3. The first kappa shape index (κ1) is 12.7. The van der Waals surface area contributed by atoms with E-state index in [0.717, 1.165) is 10.8 Å². The van der Waals surface area contributed by atoms with Crippen LogP contribution in [0, 0.1) is 11.8 Å². The first-order valence-electron chi connectivity index (χ1n) is 6.75. The van der Waals surface area contributed by atoms with Crippen LogP contribution >= 0.6 is 11.6 Å². The SMILES string of the molecule is C[C-]1c2cc(O)c3ccccc3c2C(C(C)Cl)C1C. The summed E-state index contributed by atoms with van der Waals surface area (Å²) in [6.07, 6.45) is 0. The van der Waals surface area contributed by atoms with Gasteiger partial charge in [0.15, 0.2) is 0 Å². The van der Waals surface area contributed by atoms with Crippen molar-refractivity contribution >= 4 is 22.4 Å². The molecule has 3 atom stereocenters. The second kappa shape index (κ2) is 4.35. The Morgan fingerprint density at radius 2 is 1.89 bits per heavy atom. The number of phenolic OH excluding ortho intramolecular Hbond substituents is 1. The maximum Gasteiger partial charge on any atom is 0.0683 e. The zero-order valence-corrected chi connectivity index (χ0v) is 12.2. The lowest BCUT2D eigenvalue weighted by Gasteiger charge is -2.27. The van der Waals surface area contributed by atoms with Crippen LogP contribution in [-0.2, 0) is 0 Å². The summed E-state index contributed by atoms with van der Waals surface area (Å²) >= 11 is 6.44. The molecule has 0 fully saturated rings. The second-order valence-corrected chi connectivity index (χ2v) is 6.27. The molecule has 3 rings (SSSR count). The molecule has 0 aromatic heterocycles. The van der Waals surface area contributed by atoms with Crippen LogP contribution in [0.1, 0.15) is 37.8 Å². The summed E-state index contributed by atoms with van der Waals surface area (Å²) in [5.41, 5.74) is 2.49. The first-order chi connectivity index (χ1) is 9.02. The molecule has 0 saturated heterocycles. The molecule has 1 nitrogen and oxygen atoms in total. The Morgan fingerprint density at radius 3 is 2.53 bits per heavy atom. The molecule has 1 aliphatic rings. The van der Waals surface area contributed by atoms with Gasteiger partial charge in [-0.25, -0.2) is 0 Å². The average molecular weight is 274 g/mol. The van der Waals surface area contributed by atoms with Crippen molar-refractivity contribution in [3.05, 3.63) is 47.4 Å². The molecule has 19 heavy (non-hydrogen) atoms. The van der Waals surface area contributed by atoms with Gasteiger partial charge in [0.2, 0.25) is 0 Å². The summed E-state index contributed by atoms with van der Waals surface area (Å²) in [5, 5.41) is 12.4. The van der Waals surface area contributed by atoms with Gasteiger partial charge in [-0.3, -0.25) is 0 Å². The molecule has 0 spiro atoms. The van der Waals surface area contributed by atoms with Crippen LogP contribution in [-0.4, -0.2) is 10.5 Å². The molecule has 100 valence electrons. The predicted octanol–water partition coefficient (Wildman–Crippen LogP) is 4.85. The van der Waals surface area contributed by atoms with Gasteiger partial charge >= 0.3 is 0 Å². The molecule has 0 saturated carbocycles. The zero-order valence-electron chi connectivity index (χ0n) is 11.4. The Hall–Kier alpha value is -1.34. The summed E-state index contributed by atoms with van der Waals surface area (Å²) in [7, 11) is 0. The number of rotatable bonds is 1. The minimum atomic E-state index is 0.0825. The molecule has 0 aliphatic heterocycles. The van der Waals surface area contributed by atoms with E-state index in [1.807, 2.05) is 24.3 Å². The Kier molecular flexibility index (Phi) is 2.90. The topological polar surface area (TPSA) is 20.2 Å². The maximum absolute atomic E-state index is 10.2. The highest BCUT2D eigenvalue weighted by Gasteiger charge is 2.32. The largest absolute Gasteiger partial charge is 0.520 e. The Balaban J connectivity index is 2.37. The van der Waals surface area contributed by atoms with Crippen LogP contribution in [0.3, 0.4) is 0 Å². The van der Waals surface area contributed by atoms with Gasteiger partial charge in [-0.05, 0) is 18.2 Å². The minimum Gasteiger partial charge on any atom is -0.520 e. The third-order valence-electron chi connectivity index (χ3n) is 4.54. The molecule has 3 unspecified atom stereocenters. The lowest BCUT2D eigenvalue weighted by molar-refractivity contribution is 0.481. The van der Waals surface area contributed by atoms with E-state index >= 15 is 0 Å². The summed E-state index contributed by atoms with van der Waals surface area (Å²) in [4.78, 5) is 0. The van der Waals surface area contributed by atoms with E-state index in [2.05, 4.69) is 26.8 Å². The molecule has 0 heterocycles. The van der Waals surface area contributed by atoms with Gasteiger partial charge in [0.1, 0.15) is 0 Å². The summed E-state index contributed by atoms with van der Waals surface area (Å²) in [5.74, 6) is 2.44. The van der Waals surface area contributed by atoms with Crippen LogP contribution in [0.4, 0.5) is 0 Å². The molecule has 2 heteroatoms. The smallest absolute Gasteiger partial charge is 0.0683 e. The second-order valence-electron chi connectivity index (χ2n) is 5.58. The van der Waals surface area contributed by atoms with Crippen LogP contribution in [0.15, 0.2) is 30.3 Å². The van der Waals surface area contributed by atoms with Crippen molar-refractivity contribution in [1.82, 2.24) is 0 Å². The molecule has 0 amide bonds. The number of hydrogen-bond donors (Lipinski definition) is 1. The van der Waals surface area contributed by atoms with E-state index < -0.39 is 0 Å². The first-order valence-corrected chi connectivity index (χ1v) is 7.18. The van der Waals surface area contributed by atoms with Crippen molar-refractivity contribution in [1.29, 1.82) is 0 Å². The fourth-order valence-corrected chi connectivity index (χ4v) is 3.80. The number of aromatic hydroxyl groups is 1. The van der Waals surface area contributed by atoms with Gasteiger partial charge < -0.3 is 5.11 Å². The zero-order chi connectivity index (χ0) is 13.7. The molecule has 2 aromatic rings. The van der Waals surface area contributed by atoms with E-state index in [9.17, 15) is 5.11 Å².